The lowest BCUT2D eigenvalue weighted by molar-refractivity contribution is -0.146. The molecule has 3 atom stereocenters. The Hall–Kier alpha value is -3.61. The second-order valence-corrected chi connectivity index (χ2v) is 21.2. The molecule has 6 rings (SSSR count). The van der Waals surface area contributed by atoms with Crippen LogP contribution in [-0.4, -0.2) is 86.5 Å². The number of benzene rings is 1. The summed E-state index contributed by atoms with van der Waals surface area (Å²) in [5.41, 5.74) is 3.24. The van der Waals surface area contributed by atoms with Gasteiger partial charge in [-0.05, 0) is 76.2 Å². The predicted octanol–water partition coefficient (Wildman–Crippen LogP) is 6.08. The van der Waals surface area contributed by atoms with E-state index in [0.29, 0.717) is 36.3 Å². The molecule has 12 heteroatoms. The second kappa shape index (κ2) is 13.1. The first-order valence-corrected chi connectivity index (χ1v) is 20.7. The van der Waals surface area contributed by atoms with Crippen molar-refractivity contribution in [1.82, 2.24) is 34.3 Å². The SMILES string of the molecule is C[C@H]1CC[C@H](c2ccc3nn([C@@H]4CCN(C)C(C)(C)C4)cc3c2)N(C(=O)C(=O)Nc2cncc3cnn(COCC[Si](C)(C)C)c23)C1. The van der Waals surface area contributed by atoms with Crippen LogP contribution in [0.2, 0.25) is 25.7 Å². The number of rotatable bonds is 8. The van der Waals surface area contributed by atoms with Crippen molar-refractivity contribution in [3.8, 4) is 0 Å². The van der Waals surface area contributed by atoms with E-state index in [9.17, 15) is 9.59 Å². The number of hydrogen-bond acceptors (Lipinski definition) is 7. The van der Waals surface area contributed by atoms with Crippen LogP contribution in [0.15, 0.2) is 43.0 Å². The van der Waals surface area contributed by atoms with Crippen LogP contribution >= 0.6 is 0 Å². The standard InChI is InChI=1S/C35H50N8O3Si/c1-24-8-11-31(25-9-10-29-26(16-25)22-42(39-29)28-12-13-40(4)35(2,3)17-28)41(21-24)34(45)33(44)38-30-20-36-18-27-19-37-43(32(27)30)23-46-14-15-47(5,6)7/h9-10,16,18-20,22,24,28,31H,8,11-15,17,21,23H2,1-7H3,(H,38,44)/t24-,28+,31+/m0/s1. The average molecular weight is 659 g/mol. The number of nitrogens with zero attached hydrogens (tertiary/aromatic N) is 7. The molecule has 4 aromatic rings. The summed E-state index contributed by atoms with van der Waals surface area (Å²) in [5.74, 6) is -0.924. The molecule has 0 spiro atoms. The topological polar surface area (TPSA) is 110 Å². The van der Waals surface area contributed by atoms with Crippen LogP contribution in [0, 0.1) is 5.92 Å². The van der Waals surface area contributed by atoms with Gasteiger partial charge < -0.3 is 19.9 Å². The van der Waals surface area contributed by atoms with E-state index < -0.39 is 19.9 Å². The number of nitrogens with one attached hydrogen (secondary N) is 1. The summed E-state index contributed by atoms with van der Waals surface area (Å²) in [6.45, 7) is 16.1. The fourth-order valence-electron chi connectivity index (χ4n) is 6.95. The van der Waals surface area contributed by atoms with Crippen molar-refractivity contribution in [3.63, 3.8) is 0 Å². The molecule has 0 radical (unpaired) electrons. The molecule has 252 valence electrons. The first-order chi connectivity index (χ1) is 22.3. The van der Waals surface area contributed by atoms with Gasteiger partial charge in [-0.15, -0.1) is 0 Å². The number of pyridine rings is 1. The Morgan fingerprint density at radius 1 is 1.09 bits per heavy atom. The molecule has 2 saturated heterocycles. The summed E-state index contributed by atoms with van der Waals surface area (Å²) in [4.78, 5) is 36.0. The van der Waals surface area contributed by atoms with Crippen molar-refractivity contribution in [2.24, 2.45) is 5.92 Å². The maximum atomic E-state index is 13.9. The summed E-state index contributed by atoms with van der Waals surface area (Å²) in [6, 6.07) is 7.49. The van der Waals surface area contributed by atoms with Gasteiger partial charge in [0.05, 0.1) is 41.2 Å². The Morgan fingerprint density at radius 2 is 1.89 bits per heavy atom. The van der Waals surface area contributed by atoms with E-state index in [1.165, 1.54) is 0 Å². The number of piperidine rings is 2. The van der Waals surface area contributed by atoms with Crippen molar-refractivity contribution in [1.29, 1.82) is 0 Å². The average Bonchev–Trinajstić information content (AvgIpc) is 3.64. The maximum absolute atomic E-state index is 13.9. The number of hydrogen-bond donors (Lipinski definition) is 1. The summed E-state index contributed by atoms with van der Waals surface area (Å²) >= 11 is 0. The lowest BCUT2D eigenvalue weighted by atomic mass is 9.87. The molecule has 5 heterocycles. The molecule has 3 aromatic heterocycles. The number of anilines is 1. The van der Waals surface area contributed by atoms with E-state index in [2.05, 4.69) is 96.8 Å². The van der Waals surface area contributed by atoms with Crippen LogP contribution in [0.25, 0.3) is 21.8 Å². The molecule has 2 amide bonds. The largest absolute Gasteiger partial charge is 0.360 e. The monoisotopic (exact) mass is 658 g/mol. The molecule has 2 aliphatic heterocycles. The van der Waals surface area contributed by atoms with Crippen molar-refractivity contribution >= 4 is 47.4 Å². The highest BCUT2D eigenvalue weighted by atomic mass is 28.3. The number of aromatic nitrogens is 5. The number of carbonyl (C=O) groups is 2. The molecule has 0 bridgehead atoms. The second-order valence-electron chi connectivity index (χ2n) is 15.5. The van der Waals surface area contributed by atoms with Crippen molar-refractivity contribution in [2.45, 2.75) is 96.5 Å². The van der Waals surface area contributed by atoms with Gasteiger partial charge in [0.25, 0.3) is 0 Å². The van der Waals surface area contributed by atoms with Crippen molar-refractivity contribution in [2.75, 3.05) is 32.1 Å². The quantitative estimate of drug-likeness (QED) is 0.139. The summed E-state index contributed by atoms with van der Waals surface area (Å²) in [6.07, 6.45) is 11.0. The Kier molecular flexibility index (Phi) is 9.29. The van der Waals surface area contributed by atoms with Gasteiger partial charge >= 0.3 is 11.8 Å². The van der Waals surface area contributed by atoms with Gasteiger partial charge in [0.1, 0.15) is 6.73 Å². The zero-order chi connectivity index (χ0) is 33.5. The summed E-state index contributed by atoms with van der Waals surface area (Å²) in [5, 5.41) is 14.1. The maximum Gasteiger partial charge on any atom is 0.314 e. The number of amides is 2. The minimum absolute atomic E-state index is 0.120. The van der Waals surface area contributed by atoms with E-state index in [1.807, 2.05) is 0 Å². The highest BCUT2D eigenvalue weighted by Crippen LogP contribution is 2.37. The van der Waals surface area contributed by atoms with Crippen LogP contribution < -0.4 is 5.32 Å². The molecular weight excluding hydrogens is 609 g/mol. The lowest BCUT2D eigenvalue weighted by Gasteiger charge is -2.43. The molecular formula is C35H50N8O3Si. The first-order valence-electron chi connectivity index (χ1n) is 17.0. The molecule has 1 N–H and O–H groups in total. The molecule has 0 aliphatic carbocycles. The third-order valence-corrected chi connectivity index (χ3v) is 11.8. The minimum Gasteiger partial charge on any atom is -0.360 e. The molecule has 0 saturated carbocycles. The molecule has 2 aliphatic rings. The van der Waals surface area contributed by atoms with Crippen LogP contribution in [0.5, 0.6) is 0 Å². The molecule has 47 heavy (non-hydrogen) atoms. The Morgan fingerprint density at radius 3 is 2.66 bits per heavy atom. The molecule has 0 unspecified atom stereocenters. The number of fused-ring (bicyclic) bond motifs is 2. The van der Waals surface area contributed by atoms with Gasteiger partial charge in [-0.2, -0.15) is 10.2 Å². The third-order valence-electron chi connectivity index (χ3n) is 10.1. The summed E-state index contributed by atoms with van der Waals surface area (Å²) < 4.78 is 9.79. The molecule has 1 aromatic carbocycles. The van der Waals surface area contributed by atoms with Gasteiger partial charge in [-0.25, -0.2) is 4.68 Å². The molecule has 11 nitrogen and oxygen atoms in total. The number of likely N-dealkylation sites (tertiary alicyclic amines) is 2. The van der Waals surface area contributed by atoms with Crippen LogP contribution in [0.3, 0.4) is 0 Å². The van der Waals surface area contributed by atoms with Gasteiger partial charge in [0, 0.05) is 56.5 Å². The normalized spacial score (nSPS) is 22.2. The summed E-state index contributed by atoms with van der Waals surface area (Å²) in [7, 11) is 0.967. The van der Waals surface area contributed by atoms with Gasteiger partial charge in [-0.1, -0.05) is 32.6 Å². The van der Waals surface area contributed by atoms with E-state index in [1.54, 1.807) is 28.2 Å². The lowest BCUT2D eigenvalue weighted by Crippen LogP contribution is -2.47. The van der Waals surface area contributed by atoms with Crippen LogP contribution in [0.4, 0.5) is 5.69 Å². The zero-order valence-corrected chi connectivity index (χ0v) is 30.0. The predicted molar refractivity (Wildman–Crippen MR) is 188 cm³/mol. The smallest absolute Gasteiger partial charge is 0.314 e. The van der Waals surface area contributed by atoms with E-state index in [4.69, 9.17) is 9.84 Å². The van der Waals surface area contributed by atoms with E-state index in [-0.39, 0.29) is 18.3 Å². The zero-order valence-electron chi connectivity index (χ0n) is 29.0. The van der Waals surface area contributed by atoms with Crippen molar-refractivity contribution in [3.05, 3.63) is 48.5 Å². The third kappa shape index (κ3) is 7.29. The minimum atomic E-state index is -1.23. The first kappa shape index (κ1) is 33.3. The van der Waals surface area contributed by atoms with E-state index in [0.717, 1.165) is 60.1 Å². The highest BCUT2D eigenvalue weighted by Gasteiger charge is 2.36. The number of carbonyl (C=O) groups excluding carboxylic acids is 2. The van der Waals surface area contributed by atoms with Crippen molar-refractivity contribution < 1.29 is 14.3 Å². The van der Waals surface area contributed by atoms with Gasteiger partial charge in [-0.3, -0.25) is 19.3 Å². The number of ether oxygens (including phenoxy) is 1. The fourth-order valence-corrected chi connectivity index (χ4v) is 7.71. The van der Waals surface area contributed by atoms with E-state index >= 15 is 0 Å². The Balaban J connectivity index is 1.19. The van der Waals surface area contributed by atoms with Gasteiger partial charge in [0.2, 0.25) is 0 Å². The fraction of sp³-hybridized carbons (Fsp3) is 0.571. The van der Waals surface area contributed by atoms with Gasteiger partial charge in [0.15, 0.2) is 0 Å². The van der Waals surface area contributed by atoms with Crippen LogP contribution in [0.1, 0.15) is 64.1 Å². The Bertz CT molecular complexity index is 1760. The molecule has 2 fully saturated rings. The highest BCUT2D eigenvalue weighted by molar-refractivity contribution is 6.76. The Labute approximate surface area is 278 Å². The van der Waals surface area contributed by atoms with Crippen LogP contribution in [-0.2, 0) is 21.1 Å².